The molecule has 0 bridgehead atoms. The van der Waals surface area contributed by atoms with Crippen molar-refractivity contribution in [1.82, 2.24) is 0 Å². The fourth-order valence-corrected chi connectivity index (χ4v) is 2.43. The van der Waals surface area contributed by atoms with Crippen molar-refractivity contribution in [3.63, 3.8) is 0 Å². The zero-order valence-corrected chi connectivity index (χ0v) is 13.0. The van der Waals surface area contributed by atoms with Gasteiger partial charge in [0.05, 0.1) is 21.3 Å². The summed E-state index contributed by atoms with van der Waals surface area (Å²) >= 11 is 0. The number of ether oxygens (including phenoxy) is 3. The number of fused-ring (bicyclic) bond motifs is 1. The van der Waals surface area contributed by atoms with Gasteiger partial charge >= 0.3 is 5.97 Å². The number of esters is 1. The maximum atomic E-state index is 11.9. The van der Waals surface area contributed by atoms with Gasteiger partial charge in [0.2, 0.25) is 0 Å². The summed E-state index contributed by atoms with van der Waals surface area (Å²) < 4.78 is 15.1. The maximum absolute atomic E-state index is 11.9. The first-order valence-corrected chi connectivity index (χ1v) is 6.96. The minimum Gasteiger partial charge on any atom is -0.493 e. The molecule has 0 saturated heterocycles. The zero-order valence-electron chi connectivity index (χ0n) is 13.0. The van der Waals surface area contributed by atoms with Gasteiger partial charge in [-0.3, -0.25) is 14.6 Å². The highest BCUT2D eigenvalue weighted by Gasteiger charge is 2.21. The van der Waals surface area contributed by atoms with Crippen LogP contribution >= 0.6 is 0 Å². The first-order chi connectivity index (χ1) is 10.6. The Labute approximate surface area is 129 Å². The number of carbonyl (C=O) groups excluding carboxylic acids is 2. The Hall–Kier alpha value is -2.37. The van der Waals surface area contributed by atoms with Gasteiger partial charge < -0.3 is 14.2 Å². The van der Waals surface area contributed by atoms with E-state index < -0.39 is 5.97 Å². The molecule has 0 amide bonds. The van der Waals surface area contributed by atoms with Crippen molar-refractivity contribution in [2.45, 2.75) is 19.3 Å². The van der Waals surface area contributed by atoms with Crippen LogP contribution in [-0.4, -0.2) is 45.3 Å². The molecular formula is C16H19NO5. The second-order valence-corrected chi connectivity index (χ2v) is 4.91. The predicted octanol–water partition coefficient (Wildman–Crippen LogP) is 1.57. The third-order valence-corrected chi connectivity index (χ3v) is 3.54. The van der Waals surface area contributed by atoms with Crippen LogP contribution in [0.25, 0.3) is 0 Å². The van der Waals surface area contributed by atoms with Gasteiger partial charge in [0, 0.05) is 24.2 Å². The summed E-state index contributed by atoms with van der Waals surface area (Å²) in [6, 6.07) is 3.74. The average molecular weight is 305 g/mol. The smallest absolute Gasteiger partial charge is 0.313 e. The Bertz CT molecular complexity index is 621. The minimum absolute atomic E-state index is 0.109. The molecule has 0 unspecified atom stereocenters. The van der Waals surface area contributed by atoms with E-state index in [1.165, 1.54) is 7.11 Å². The van der Waals surface area contributed by atoms with Crippen molar-refractivity contribution >= 4 is 17.5 Å². The van der Waals surface area contributed by atoms with E-state index in [1.54, 1.807) is 14.2 Å². The van der Waals surface area contributed by atoms with Gasteiger partial charge in [-0.25, -0.2) is 0 Å². The quantitative estimate of drug-likeness (QED) is 0.589. The SMILES string of the molecule is COC(=O)CC(=O)CC1=NCCc2cc(OC)c(OC)cc21. The lowest BCUT2D eigenvalue weighted by Gasteiger charge is -2.19. The summed E-state index contributed by atoms with van der Waals surface area (Å²) in [5, 5.41) is 0. The van der Waals surface area contributed by atoms with Crippen LogP contribution in [0.5, 0.6) is 11.5 Å². The molecule has 0 N–H and O–H groups in total. The van der Waals surface area contributed by atoms with Gasteiger partial charge in [-0.2, -0.15) is 0 Å². The molecular weight excluding hydrogens is 286 g/mol. The van der Waals surface area contributed by atoms with Crippen molar-refractivity contribution in [2.24, 2.45) is 4.99 Å². The van der Waals surface area contributed by atoms with Gasteiger partial charge in [0.15, 0.2) is 11.5 Å². The molecule has 0 aliphatic carbocycles. The highest BCUT2D eigenvalue weighted by molar-refractivity contribution is 6.15. The van der Waals surface area contributed by atoms with E-state index >= 15 is 0 Å². The van der Waals surface area contributed by atoms with E-state index in [0.717, 1.165) is 17.5 Å². The van der Waals surface area contributed by atoms with Gasteiger partial charge in [-0.05, 0) is 24.1 Å². The van der Waals surface area contributed by atoms with Crippen LogP contribution in [0.1, 0.15) is 24.0 Å². The van der Waals surface area contributed by atoms with Crippen LogP contribution in [0.2, 0.25) is 0 Å². The highest BCUT2D eigenvalue weighted by atomic mass is 16.5. The number of aliphatic imine (C=N–C) groups is 1. The van der Waals surface area contributed by atoms with E-state index in [-0.39, 0.29) is 18.6 Å². The first kappa shape index (κ1) is 16.0. The number of nitrogens with zero attached hydrogens (tertiary/aromatic N) is 1. The van der Waals surface area contributed by atoms with Crippen molar-refractivity contribution in [3.05, 3.63) is 23.3 Å². The van der Waals surface area contributed by atoms with Crippen LogP contribution in [-0.2, 0) is 20.7 Å². The van der Waals surface area contributed by atoms with Gasteiger partial charge in [0.25, 0.3) is 0 Å². The van der Waals surface area contributed by atoms with Crippen LogP contribution in [0, 0.1) is 0 Å². The number of rotatable bonds is 6. The Morgan fingerprint density at radius 3 is 2.45 bits per heavy atom. The second-order valence-electron chi connectivity index (χ2n) is 4.91. The molecule has 6 heteroatoms. The molecule has 0 radical (unpaired) electrons. The molecule has 1 aliphatic rings. The fourth-order valence-electron chi connectivity index (χ4n) is 2.43. The number of ketones is 1. The normalized spacial score (nSPS) is 13.0. The number of carbonyl (C=O) groups is 2. The molecule has 0 atom stereocenters. The third-order valence-electron chi connectivity index (χ3n) is 3.54. The second kappa shape index (κ2) is 7.06. The van der Waals surface area contributed by atoms with Gasteiger partial charge in [-0.15, -0.1) is 0 Å². The van der Waals surface area contributed by atoms with Crippen molar-refractivity contribution in [2.75, 3.05) is 27.9 Å². The Morgan fingerprint density at radius 1 is 1.14 bits per heavy atom. The summed E-state index contributed by atoms with van der Waals surface area (Å²) in [5.74, 6) is 0.502. The van der Waals surface area contributed by atoms with Gasteiger partial charge in [0.1, 0.15) is 12.2 Å². The lowest BCUT2D eigenvalue weighted by Crippen LogP contribution is -2.19. The average Bonchev–Trinajstić information content (AvgIpc) is 2.53. The van der Waals surface area contributed by atoms with Crippen molar-refractivity contribution < 1.29 is 23.8 Å². The molecule has 1 aromatic carbocycles. The number of methoxy groups -OCH3 is 3. The monoisotopic (exact) mass is 305 g/mol. The summed E-state index contributed by atoms with van der Waals surface area (Å²) in [7, 11) is 4.41. The molecule has 0 spiro atoms. The largest absolute Gasteiger partial charge is 0.493 e. The lowest BCUT2D eigenvalue weighted by atomic mass is 9.93. The summed E-state index contributed by atoms with van der Waals surface area (Å²) in [6.07, 6.45) is 0.653. The maximum Gasteiger partial charge on any atom is 0.313 e. The van der Waals surface area contributed by atoms with Crippen LogP contribution in [0.15, 0.2) is 17.1 Å². The fraction of sp³-hybridized carbons (Fsp3) is 0.438. The van der Waals surface area contributed by atoms with E-state index in [9.17, 15) is 9.59 Å². The molecule has 118 valence electrons. The van der Waals surface area contributed by atoms with E-state index in [1.807, 2.05) is 12.1 Å². The Morgan fingerprint density at radius 2 is 1.82 bits per heavy atom. The van der Waals surface area contributed by atoms with Crippen LogP contribution < -0.4 is 9.47 Å². The molecule has 0 aromatic heterocycles. The Balaban J connectivity index is 2.24. The number of Topliss-reactive ketones (excluding diaryl/α,β-unsaturated/α-hetero) is 1. The molecule has 2 rings (SSSR count). The number of hydrogen-bond donors (Lipinski definition) is 0. The van der Waals surface area contributed by atoms with Crippen LogP contribution in [0.4, 0.5) is 0 Å². The number of hydrogen-bond acceptors (Lipinski definition) is 6. The molecule has 6 nitrogen and oxygen atoms in total. The Kier molecular flexibility index (Phi) is 5.14. The molecule has 1 heterocycles. The first-order valence-electron chi connectivity index (χ1n) is 6.96. The molecule has 1 aromatic rings. The van der Waals surface area contributed by atoms with Crippen molar-refractivity contribution in [1.29, 1.82) is 0 Å². The summed E-state index contributed by atoms with van der Waals surface area (Å²) in [6.45, 7) is 0.614. The molecule has 1 aliphatic heterocycles. The zero-order chi connectivity index (χ0) is 16.1. The molecule has 22 heavy (non-hydrogen) atoms. The van der Waals surface area contributed by atoms with Crippen LogP contribution in [0.3, 0.4) is 0 Å². The topological polar surface area (TPSA) is 74.2 Å². The third kappa shape index (κ3) is 3.44. The van der Waals surface area contributed by atoms with E-state index in [4.69, 9.17) is 9.47 Å². The highest BCUT2D eigenvalue weighted by Crippen LogP contribution is 2.33. The summed E-state index contributed by atoms with van der Waals surface area (Å²) in [5.41, 5.74) is 2.62. The lowest BCUT2D eigenvalue weighted by molar-refractivity contribution is -0.143. The van der Waals surface area contributed by atoms with Crippen molar-refractivity contribution in [3.8, 4) is 11.5 Å². The van der Waals surface area contributed by atoms with Gasteiger partial charge in [-0.1, -0.05) is 0 Å². The summed E-state index contributed by atoms with van der Waals surface area (Å²) in [4.78, 5) is 27.5. The predicted molar refractivity (Wildman–Crippen MR) is 80.9 cm³/mol. The molecule has 0 fully saturated rings. The van der Waals surface area contributed by atoms with E-state index in [0.29, 0.717) is 23.8 Å². The minimum atomic E-state index is -0.533. The van der Waals surface area contributed by atoms with E-state index in [2.05, 4.69) is 9.73 Å². The molecule has 0 saturated carbocycles. The number of benzene rings is 1. The standard InChI is InChI=1S/C16H19NO5/c1-20-14-6-10-4-5-17-13(12(10)9-15(14)21-2)7-11(18)8-16(19)22-3/h6,9H,4-5,7-8H2,1-3H3.